The minimum atomic E-state index is -2.46. The second kappa shape index (κ2) is 28.5. The van der Waals surface area contributed by atoms with Crippen LogP contribution in [0.4, 0.5) is 4.79 Å². The van der Waals surface area contributed by atoms with Gasteiger partial charge in [-0.25, -0.2) is 9.59 Å². The first-order valence-electron chi connectivity index (χ1n) is 27.2. The number of rotatable bonds is 7. The van der Waals surface area contributed by atoms with Crippen molar-refractivity contribution in [2.75, 3.05) is 61.1 Å². The molecule has 2 amide bonds. The number of fused-ring (bicyclic) bond motifs is 3. The minimum Gasteiger partial charge on any atom is -0.459 e. The lowest BCUT2D eigenvalue weighted by molar-refractivity contribution is -0.265. The van der Waals surface area contributed by atoms with Gasteiger partial charge in [-0.15, -0.1) is 0 Å². The number of amides is 2. The molecular formula is C56H90N4O14. The topological polar surface area (TPSA) is 237 Å². The Balaban J connectivity index is 1.43. The Morgan fingerprint density at radius 2 is 1.54 bits per heavy atom. The molecule has 0 aromatic carbocycles. The van der Waals surface area contributed by atoms with E-state index in [1.54, 1.807) is 46.0 Å². The molecular weight excluding hydrogens is 953 g/mol. The van der Waals surface area contributed by atoms with E-state index in [-0.39, 0.29) is 43.1 Å². The molecule has 4 aliphatic heterocycles. The third-order valence-electron chi connectivity index (χ3n) is 16.4. The van der Waals surface area contributed by atoms with Crippen molar-refractivity contribution < 1.29 is 67.7 Å². The highest BCUT2D eigenvalue weighted by Gasteiger charge is 2.53. The average molecular weight is 1040 g/mol. The average Bonchev–Trinajstić information content (AvgIpc) is 3.38. The van der Waals surface area contributed by atoms with Crippen molar-refractivity contribution in [3.63, 3.8) is 0 Å². The zero-order valence-corrected chi connectivity index (χ0v) is 45.9. The summed E-state index contributed by atoms with van der Waals surface area (Å²) in [6.07, 6.45) is 9.04. The zero-order chi connectivity index (χ0) is 54.4. The summed E-state index contributed by atoms with van der Waals surface area (Å²) < 4.78 is 35.8. The maximum Gasteiger partial charge on any atom is 0.410 e. The van der Waals surface area contributed by atoms with Gasteiger partial charge in [0.2, 0.25) is 5.79 Å². The van der Waals surface area contributed by atoms with E-state index in [1.807, 2.05) is 58.2 Å². The number of nitrogens with two attached hydrogens (primary N) is 1. The van der Waals surface area contributed by atoms with E-state index in [0.717, 1.165) is 18.7 Å². The van der Waals surface area contributed by atoms with Crippen LogP contribution in [-0.4, -0.2) is 187 Å². The number of carbonyl (C=O) groups excluding carboxylic acids is 5. The number of cyclic esters (lactones) is 1. The molecule has 1 saturated carbocycles. The van der Waals surface area contributed by atoms with Crippen LogP contribution in [0.15, 0.2) is 47.6 Å². The summed E-state index contributed by atoms with van der Waals surface area (Å²) in [5.41, 5.74) is 8.31. The number of hydrogen-bond donors (Lipinski definition) is 4. The van der Waals surface area contributed by atoms with Gasteiger partial charge in [-0.05, 0) is 108 Å². The molecule has 0 spiro atoms. The van der Waals surface area contributed by atoms with E-state index < -0.39 is 102 Å². The predicted molar refractivity (Wildman–Crippen MR) is 278 cm³/mol. The van der Waals surface area contributed by atoms with Gasteiger partial charge in [-0.3, -0.25) is 14.4 Å². The van der Waals surface area contributed by atoms with Crippen LogP contribution in [0.25, 0.3) is 0 Å². The van der Waals surface area contributed by atoms with Crippen LogP contribution in [0.5, 0.6) is 0 Å². The van der Waals surface area contributed by atoms with Crippen LogP contribution in [0.2, 0.25) is 0 Å². The number of esters is 1. The summed E-state index contributed by atoms with van der Waals surface area (Å²) in [7, 11) is 6.55. The van der Waals surface area contributed by atoms with Crippen molar-refractivity contribution in [3.05, 3.63) is 47.6 Å². The Labute approximate surface area is 440 Å². The molecule has 5 aliphatic rings. The van der Waals surface area contributed by atoms with Crippen molar-refractivity contribution in [2.24, 2.45) is 35.3 Å². The summed E-state index contributed by atoms with van der Waals surface area (Å²) in [5, 5.41) is 35.5. The standard InChI is InChI=1S/C56H90N4O14/c1-34-16-12-11-13-17-35(2)46(69-8)32-41-21-19-39(6)56(68,74-41)52(64)53(65)60-23-15-14-18-43(60)54(66)72-47(33-44(61)36(3)29-38(5)50(63)51(71-10)49(62)37(4)28-34)42(57)30-40-20-22-45(48(31-40)70-9)73-55(67)59-26-24-58(7)25-27-59/h11-13,16-17,29,34,36-37,39-48,50-51,61,63,68H,14-15,18-28,30-33,57H2,1-10H3/b13-11+,16-12+,35-17+,38-29+/t34-,36-,37-,39-,40+,41+,42-,43+,44-,45-,46+,47+,48-,50-,51+,56-/m1/s1. The van der Waals surface area contributed by atoms with E-state index in [0.29, 0.717) is 82.9 Å². The Bertz CT molecular complexity index is 2000. The van der Waals surface area contributed by atoms with Crippen LogP contribution in [0, 0.1) is 29.6 Å². The zero-order valence-electron chi connectivity index (χ0n) is 45.9. The van der Waals surface area contributed by atoms with Gasteiger partial charge in [-0.2, -0.15) is 0 Å². The highest BCUT2D eigenvalue weighted by molar-refractivity contribution is 6.39. The summed E-state index contributed by atoms with van der Waals surface area (Å²) in [5.74, 6) is -7.57. The quantitative estimate of drug-likeness (QED) is 0.148. The second-order valence-electron chi connectivity index (χ2n) is 22.1. The van der Waals surface area contributed by atoms with Crippen molar-refractivity contribution in [3.8, 4) is 0 Å². The molecule has 4 fully saturated rings. The molecule has 3 saturated heterocycles. The number of piperidine rings is 1. The van der Waals surface area contributed by atoms with Crippen LogP contribution in [0.1, 0.15) is 119 Å². The normalized spacial score (nSPS) is 39.4. The maximum atomic E-state index is 14.6. The van der Waals surface area contributed by atoms with E-state index in [1.165, 1.54) is 12.0 Å². The van der Waals surface area contributed by atoms with Crippen LogP contribution in [-0.2, 0) is 47.6 Å². The SMILES string of the molecule is CO[C@H]1C[C@@H]2CC[C@@H](C)[C@@](O)(O2)C(=O)C(=O)N2CCCC[C@H]2C(=O)O[C@H]([C@H](N)C[C@@H]2CC[C@@H](OC(=O)N3CCN(C)CC3)[C@H](OC)C2)C[C@@H](O)[C@H](C)/C=C(\C)[C@@H](O)[C@@H](OC)C(=O)[C@H](C)C[C@H](C)/C=C/C=C/C=C/1C. The molecule has 4 heterocycles. The predicted octanol–water partition coefficient (Wildman–Crippen LogP) is 5.06. The van der Waals surface area contributed by atoms with Gasteiger partial charge >= 0.3 is 12.1 Å². The first kappa shape index (κ1) is 61.0. The lowest BCUT2D eigenvalue weighted by atomic mass is 9.80. The first-order valence-corrected chi connectivity index (χ1v) is 27.2. The molecule has 2 bridgehead atoms. The fourth-order valence-electron chi connectivity index (χ4n) is 11.3. The maximum absolute atomic E-state index is 14.6. The first-order chi connectivity index (χ1) is 35.1. The Kier molecular flexibility index (Phi) is 23.5. The Morgan fingerprint density at radius 1 is 0.824 bits per heavy atom. The van der Waals surface area contributed by atoms with E-state index in [2.05, 4.69) is 4.90 Å². The number of piperazine rings is 1. The van der Waals surface area contributed by atoms with Crippen LogP contribution >= 0.6 is 0 Å². The highest BCUT2D eigenvalue weighted by atomic mass is 16.6. The molecule has 18 nitrogen and oxygen atoms in total. The van der Waals surface area contributed by atoms with E-state index >= 15 is 0 Å². The largest absolute Gasteiger partial charge is 0.459 e. The molecule has 5 N–H and O–H groups in total. The number of ether oxygens (including phenoxy) is 6. The third kappa shape index (κ3) is 16.1. The number of aliphatic hydroxyl groups excluding tert-OH is 2. The van der Waals surface area contributed by atoms with Crippen LogP contribution < -0.4 is 5.73 Å². The fourth-order valence-corrected chi connectivity index (χ4v) is 11.3. The van der Waals surface area contributed by atoms with Gasteiger partial charge in [0.15, 0.2) is 5.78 Å². The lowest BCUT2D eigenvalue weighted by Crippen LogP contribution is -2.61. The number of ketones is 2. The number of allylic oxidation sites excluding steroid dienone is 5. The van der Waals surface area contributed by atoms with Crippen molar-refractivity contribution in [1.82, 2.24) is 14.7 Å². The van der Waals surface area contributed by atoms with Crippen LogP contribution in [0.3, 0.4) is 0 Å². The molecule has 0 radical (unpaired) electrons. The van der Waals surface area contributed by atoms with Gasteiger partial charge < -0.3 is 64.2 Å². The Hall–Kier alpha value is -3.85. The molecule has 18 heteroatoms. The van der Waals surface area contributed by atoms with E-state index in [9.17, 15) is 39.3 Å². The van der Waals surface area contributed by atoms with Crippen molar-refractivity contribution in [2.45, 2.75) is 185 Å². The molecule has 1 aliphatic carbocycles. The number of likely N-dealkylation sites (N-methyl/N-ethyl adjacent to an activating group) is 1. The molecule has 16 atom stereocenters. The molecule has 0 aromatic heterocycles. The third-order valence-corrected chi connectivity index (χ3v) is 16.4. The number of carbonyl (C=O) groups is 5. The summed E-state index contributed by atoms with van der Waals surface area (Å²) in [6.45, 7) is 13.5. The van der Waals surface area contributed by atoms with E-state index in [4.69, 9.17) is 34.2 Å². The summed E-state index contributed by atoms with van der Waals surface area (Å²) in [6, 6.07) is -2.02. The fraction of sp³-hybridized carbons (Fsp3) is 0.768. The van der Waals surface area contributed by atoms with Crippen molar-refractivity contribution in [1.29, 1.82) is 0 Å². The molecule has 0 aromatic rings. The second-order valence-corrected chi connectivity index (χ2v) is 22.1. The molecule has 418 valence electrons. The van der Waals surface area contributed by atoms with Gasteiger partial charge in [0, 0.05) is 90.7 Å². The molecule has 0 unspecified atom stereocenters. The Morgan fingerprint density at radius 3 is 2.22 bits per heavy atom. The summed E-state index contributed by atoms with van der Waals surface area (Å²) >= 11 is 0. The van der Waals surface area contributed by atoms with Gasteiger partial charge in [-0.1, -0.05) is 64.2 Å². The number of hydrogen-bond acceptors (Lipinski definition) is 16. The van der Waals surface area contributed by atoms with Gasteiger partial charge in [0.25, 0.3) is 11.7 Å². The lowest BCUT2D eigenvalue weighted by Gasteiger charge is -2.43. The summed E-state index contributed by atoms with van der Waals surface area (Å²) in [4.78, 5) is 75.3. The highest BCUT2D eigenvalue weighted by Crippen LogP contribution is 2.38. The van der Waals surface area contributed by atoms with Gasteiger partial charge in [0.1, 0.15) is 30.5 Å². The molecule has 5 rings (SSSR count). The number of aliphatic hydroxyl groups is 3. The number of methoxy groups -OCH3 is 3. The number of Topliss-reactive ketones (excluding diaryl/α,β-unsaturated/α-hetero) is 2. The van der Waals surface area contributed by atoms with Crippen molar-refractivity contribution >= 4 is 29.5 Å². The number of nitrogens with zero attached hydrogens (tertiary/aromatic N) is 3. The monoisotopic (exact) mass is 1040 g/mol. The van der Waals surface area contributed by atoms with Gasteiger partial charge in [0.05, 0.1) is 24.4 Å². The molecule has 74 heavy (non-hydrogen) atoms. The smallest absolute Gasteiger partial charge is 0.410 e. The minimum absolute atomic E-state index is 0.00889.